The number of phenolic OH excluding ortho intramolecular Hbond substituents is 4. The van der Waals surface area contributed by atoms with E-state index in [0.29, 0.717) is 23.0 Å². The van der Waals surface area contributed by atoms with Crippen LogP contribution in [-0.2, 0) is 10.8 Å². The Kier molecular flexibility index (Phi) is 15.2. The van der Waals surface area contributed by atoms with Gasteiger partial charge in [-0.05, 0) is 83.6 Å². The first-order chi connectivity index (χ1) is 22.6. The van der Waals surface area contributed by atoms with E-state index >= 15 is 0 Å². The molecule has 4 heteroatoms. The molecule has 0 saturated carbocycles. The van der Waals surface area contributed by atoms with Crippen molar-refractivity contribution in [2.24, 2.45) is 0 Å². The second-order valence-electron chi connectivity index (χ2n) is 13.5. The average molecular weight is 639 g/mol. The quantitative estimate of drug-likeness (QED) is 0.0868. The minimum atomic E-state index is -0.105. The van der Waals surface area contributed by atoms with Crippen LogP contribution in [0.2, 0.25) is 0 Å². The lowest BCUT2D eigenvalue weighted by atomic mass is 9.72. The Balaban J connectivity index is 0.000000256. The maximum atomic E-state index is 9.59. The molecule has 0 aliphatic rings. The molecular weight excluding hydrogens is 580 g/mol. The molecular formula is C43H58O4. The Morgan fingerprint density at radius 2 is 0.553 bits per heavy atom. The molecule has 0 aliphatic carbocycles. The fourth-order valence-electron chi connectivity index (χ4n) is 6.57. The lowest BCUT2D eigenvalue weighted by Gasteiger charge is -2.31. The van der Waals surface area contributed by atoms with Crippen LogP contribution in [0.4, 0.5) is 0 Å². The van der Waals surface area contributed by atoms with Gasteiger partial charge in [0, 0.05) is 10.8 Å². The van der Waals surface area contributed by atoms with E-state index in [1.165, 1.54) is 92.9 Å². The highest BCUT2D eigenvalue weighted by Crippen LogP contribution is 2.39. The van der Waals surface area contributed by atoms with Gasteiger partial charge in [0.25, 0.3) is 0 Å². The van der Waals surface area contributed by atoms with Gasteiger partial charge in [-0.25, -0.2) is 0 Å². The van der Waals surface area contributed by atoms with E-state index in [-0.39, 0.29) is 10.8 Å². The van der Waals surface area contributed by atoms with Crippen molar-refractivity contribution in [3.63, 3.8) is 0 Å². The van der Waals surface area contributed by atoms with Crippen molar-refractivity contribution >= 4 is 0 Å². The number of unbranched alkanes of at least 4 members (excludes halogenated alkanes) is 9. The molecule has 0 bridgehead atoms. The zero-order valence-electron chi connectivity index (χ0n) is 29.2. The third-order valence-electron chi connectivity index (χ3n) is 9.83. The number of hydrogen-bond acceptors (Lipinski definition) is 4. The second kappa shape index (κ2) is 19.0. The summed E-state index contributed by atoms with van der Waals surface area (Å²) in [5, 5.41) is 38.3. The topological polar surface area (TPSA) is 80.9 Å². The predicted molar refractivity (Wildman–Crippen MR) is 197 cm³/mol. The first kappa shape index (κ1) is 37.5. The first-order valence-corrected chi connectivity index (χ1v) is 17.8. The van der Waals surface area contributed by atoms with Gasteiger partial charge in [0.05, 0.1) is 0 Å². The summed E-state index contributed by atoms with van der Waals surface area (Å²) in [5.41, 5.74) is 4.62. The van der Waals surface area contributed by atoms with Gasteiger partial charge < -0.3 is 20.4 Å². The molecule has 4 rings (SSSR count). The van der Waals surface area contributed by atoms with Gasteiger partial charge in [0.1, 0.15) is 23.0 Å². The van der Waals surface area contributed by atoms with Crippen LogP contribution in [0.1, 0.15) is 133 Å². The van der Waals surface area contributed by atoms with E-state index in [0.717, 1.165) is 12.8 Å². The predicted octanol–water partition coefficient (Wildman–Crippen LogP) is 11.9. The van der Waals surface area contributed by atoms with Crippen LogP contribution in [0.25, 0.3) is 0 Å². The highest BCUT2D eigenvalue weighted by molar-refractivity contribution is 5.43. The molecule has 254 valence electrons. The lowest BCUT2D eigenvalue weighted by molar-refractivity contribution is 0.460. The summed E-state index contributed by atoms with van der Waals surface area (Å²) in [6.07, 6.45) is 16.1. The van der Waals surface area contributed by atoms with Gasteiger partial charge >= 0.3 is 0 Å². The highest BCUT2D eigenvalue weighted by atomic mass is 16.3. The molecule has 0 radical (unpaired) electrons. The minimum absolute atomic E-state index is 0.104. The normalized spacial score (nSPS) is 11.6. The van der Waals surface area contributed by atoms with E-state index in [1.807, 2.05) is 48.5 Å². The molecule has 4 N–H and O–H groups in total. The molecule has 4 aromatic rings. The van der Waals surface area contributed by atoms with Crippen molar-refractivity contribution in [1.29, 1.82) is 0 Å². The molecule has 0 aromatic heterocycles. The fraction of sp³-hybridized carbons (Fsp3) is 0.442. The number of aromatic hydroxyl groups is 4. The Morgan fingerprint density at radius 3 is 0.787 bits per heavy atom. The summed E-state index contributed by atoms with van der Waals surface area (Å²) in [7, 11) is 0. The molecule has 47 heavy (non-hydrogen) atoms. The van der Waals surface area contributed by atoms with Crippen LogP contribution < -0.4 is 0 Å². The Hall–Kier alpha value is -3.92. The lowest BCUT2D eigenvalue weighted by Crippen LogP contribution is -2.23. The van der Waals surface area contributed by atoms with Crippen molar-refractivity contribution in [3.05, 3.63) is 119 Å². The maximum absolute atomic E-state index is 9.59. The van der Waals surface area contributed by atoms with Crippen LogP contribution in [0.15, 0.2) is 97.1 Å². The highest BCUT2D eigenvalue weighted by Gasteiger charge is 2.29. The van der Waals surface area contributed by atoms with Crippen LogP contribution in [0.5, 0.6) is 23.0 Å². The smallest absolute Gasteiger partial charge is 0.115 e. The van der Waals surface area contributed by atoms with E-state index < -0.39 is 0 Å². The molecule has 4 aromatic carbocycles. The third kappa shape index (κ3) is 11.4. The summed E-state index contributed by atoms with van der Waals surface area (Å²) in [5.74, 6) is 1.19. The Bertz CT molecular complexity index is 1320. The standard InChI is InChI=1S/C22H30O2.C21H28O2/c1-3-4-5-6-7-8-17-22(2,18-9-13-20(23)14-10-18)19-11-15-21(24)16-12-19;1-3-4-5-6-7-16-21(2,17-8-12-19(22)13-9-17)18-10-14-20(23)15-11-18/h9-16,23-24H,3-8,17H2,1-2H3;8-15,22-23H,3-7,16H2,1-2H3. The molecule has 0 aliphatic heterocycles. The van der Waals surface area contributed by atoms with E-state index in [4.69, 9.17) is 0 Å². The minimum Gasteiger partial charge on any atom is -0.508 e. The molecule has 0 saturated heterocycles. The Labute approximate surface area is 284 Å². The van der Waals surface area contributed by atoms with E-state index in [9.17, 15) is 20.4 Å². The molecule has 0 fully saturated rings. The molecule has 4 nitrogen and oxygen atoms in total. The van der Waals surface area contributed by atoms with Gasteiger partial charge in [-0.15, -0.1) is 0 Å². The van der Waals surface area contributed by atoms with Gasteiger partial charge in [-0.3, -0.25) is 0 Å². The van der Waals surface area contributed by atoms with Crippen molar-refractivity contribution in [1.82, 2.24) is 0 Å². The molecule has 0 heterocycles. The zero-order valence-corrected chi connectivity index (χ0v) is 29.2. The largest absolute Gasteiger partial charge is 0.508 e. The first-order valence-electron chi connectivity index (χ1n) is 17.8. The fourth-order valence-corrected chi connectivity index (χ4v) is 6.57. The van der Waals surface area contributed by atoms with Crippen LogP contribution >= 0.6 is 0 Å². The van der Waals surface area contributed by atoms with Crippen LogP contribution in [-0.4, -0.2) is 20.4 Å². The van der Waals surface area contributed by atoms with Crippen molar-refractivity contribution in [3.8, 4) is 23.0 Å². The van der Waals surface area contributed by atoms with Crippen LogP contribution in [0.3, 0.4) is 0 Å². The summed E-state index contributed by atoms with van der Waals surface area (Å²) in [4.78, 5) is 0. The van der Waals surface area contributed by atoms with Crippen molar-refractivity contribution in [2.45, 2.75) is 122 Å². The summed E-state index contributed by atoms with van der Waals surface area (Å²) in [6, 6.07) is 30.1. The summed E-state index contributed by atoms with van der Waals surface area (Å²) < 4.78 is 0. The van der Waals surface area contributed by atoms with Gasteiger partial charge in [0.2, 0.25) is 0 Å². The summed E-state index contributed by atoms with van der Waals surface area (Å²) in [6.45, 7) is 8.99. The molecule has 0 unspecified atom stereocenters. The average Bonchev–Trinajstić information content (AvgIpc) is 3.07. The number of phenols is 4. The van der Waals surface area contributed by atoms with Crippen LogP contribution in [0, 0.1) is 0 Å². The van der Waals surface area contributed by atoms with Crippen molar-refractivity contribution < 1.29 is 20.4 Å². The summed E-state index contributed by atoms with van der Waals surface area (Å²) >= 11 is 0. The van der Waals surface area contributed by atoms with E-state index in [2.05, 4.69) is 27.7 Å². The number of hydrogen-bond donors (Lipinski definition) is 4. The Morgan fingerprint density at radius 1 is 0.340 bits per heavy atom. The number of rotatable bonds is 17. The van der Waals surface area contributed by atoms with E-state index in [1.54, 1.807) is 48.5 Å². The van der Waals surface area contributed by atoms with Crippen molar-refractivity contribution in [2.75, 3.05) is 0 Å². The zero-order chi connectivity index (χ0) is 34.1. The molecule has 0 amide bonds. The van der Waals surface area contributed by atoms with Gasteiger partial charge in [-0.1, -0.05) is 147 Å². The monoisotopic (exact) mass is 638 g/mol. The molecule has 0 atom stereocenters. The second-order valence-corrected chi connectivity index (χ2v) is 13.5. The molecule has 0 spiro atoms. The third-order valence-corrected chi connectivity index (χ3v) is 9.83. The van der Waals surface area contributed by atoms with Gasteiger partial charge in [-0.2, -0.15) is 0 Å². The van der Waals surface area contributed by atoms with Gasteiger partial charge in [0.15, 0.2) is 0 Å². The number of benzene rings is 4. The maximum Gasteiger partial charge on any atom is 0.115 e. The SMILES string of the molecule is CCCCCCCC(C)(c1ccc(O)cc1)c1ccc(O)cc1.CCCCCCCCC(C)(c1ccc(O)cc1)c1ccc(O)cc1.